The van der Waals surface area contributed by atoms with Crippen molar-refractivity contribution in [1.29, 1.82) is 0 Å². The van der Waals surface area contributed by atoms with Crippen LogP contribution in [0.25, 0.3) is 0 Å². The first kappa shape index (κ1) is 8.64. The monoisotopic (exact) mass is 162 g/mol. The highest BCUT2D eigenvalue weighted by Crippen LogP contribution is 2.25. The molecule has 0 aromatic heterocycles. The Kier molecular flexibility index (Phi) is 2.59. The van der Waals surface area contributed by atoms with Crippen LogP contribution in [0, 0.1) is 0 Å². The molecule has 1 rings (SSSR count). The lowest BCUT2D eigenvalue weighted by molar-refractivity contribution is -0.0170. The maximum atomic E-state index is 12.0. The summed E-state index contributed by atoms with van der Waals surface area (Å²) in [6.07, 6.45) is -1.77. The van der Waals surface area contributed by atoms with Crippen LogP contribution in [-0.2, 0) is 4.74 Å². The minimum absolute atomic E-state index is 0.198. The summed E-state index contributed by atoms with van der Waals surface area (Å²) in [4.78, 5) is 0. The molecular formula is C7H11FO3. The van der Waals surface area contributed by atoms with E-state index >= 15 is 0 Å². The van der Waals surface area contributed by atoms with Gasteiger partial charge in [-0.1, -0.05) is 0 Å². The zero-order chi connectivity index (χ0) is 8.43. The van der Waals surface area contributed by atoms with E-state index in [-0.39, 0.29) is 12.2 Å². The topological polar surface area (TPSA) is 49.7 Å². The molecule has 2 N–H and O–H groups in total. The number of hydrogen-bond donors (Lipinski definition) is 2. The van der Waals surface area contributed by atoms with Gasteiger partial charge in [0.25, 0.3) is 0 Å². The van der Waals surface area contributed by atoms with Gasteiger partial charge in [-0.25, -0.2) is 4.39 Å². The standard InChI is InChI=1S/C7H11FO3/c1-4-5(2-8)7(10)6(3-9)11-4/h2,4,6-7,9-10H,3H2,1H3/b5-2-/t4-,6+,7-/m0/s1. The van der Waals surface area contributed by atoms with E-state index in [1.165, 1.54) is 0 Å². The lowest BCUT2D eigenvalue weighted by atomic mass is 10.1. The first-order chi connectivity index (χ1) is 5.20. The minimum Gasteiger partial charge on any atom is -0.394 e. The molecule has 0 bridgehead atoms. The summed E-state index contributed by atoms with van der Waals surface area (Å²) in [5.41, 5.74) is 0.198. The average molecular weight is 162 g/mol. The third-order valence-corrected chi connectivity index (χ3v) is 1.85. The highest BCUT2D eigenvalue weighted by molar-refractivity contribution is 5.16. The van der Waals surface area contributed by atoms with Gasteiger partial charge >= 0.3 is 0 Å². The molecule has 0 spiro atoms. The van der Waals surface area contributed by atoms with E-state index in [1.807, 2.05) is 0 Å². The van der Waals surface area contributed by atoms with Crippen molar-refractivity contribution in [2.45, 2.75) is 25.2 Å². The van der Waals surface area contributed by atoms with Crippen LogP contribution in [0.1, 0.15) is 6.92 Å². The Balaban J connectivity index is 2.71. The van der Waals surface area contributed by atoms with Crippen molar-refractivity contribution in [3.05, 3.63) is 11.9 Å². The summed E-state index contributed by atoms with van der Waals surface area (Å²) in [6, 6.07) is 0. The van der Waals surface area contributed by atoms with E-state index in [1.54, 1.807) is 6.92 Å². The quantitative estimate of drug-likeness (QED) is 0.569. The molecule has 0 unspecified atom stereocenters. The third-order valence-electron chi connectivity index (χ3n) is 1.85. The normalized spacial score (nSPS) is 41.8. The summed E-state index contributed by atoms with van der Waals surface area (Å²) in [5.74, 6) is 0. The molecule has 0 amide bonds. The van der Waals surface area contributed by atoms with Crippen LogP contribution in [0.2, 0.25) is 0 Å². The van der Waals surface area contributed by atoms with Crippen molar-refractivity contribution in [1.82, 2.24) is 0 Å². The van der Waals surface area contributed by atoms with Crippen LogP contribution in [0.4, 0.5) is 4.39 Å². The first-order valence-corrected chi connectivity index (χ1v) is 3.45. The summed E-state index contributed by atoms with van der Waals surface area (Å²) in [6.45, 7) is 1.34. The fourth-order valence-corrected chi connectivity index (χ4v) is 1.17. The van der Waals surface area contributed by atoms with Gasteiger partial charge in [-0.3, -0.25) is 0 Å². The second-order valence-corrected chi connectivity index (χ2v) is 2.55. The lowest BCUT2D eigenvalue weighted by Gasteiger charge is -2.08. The molecule has 0 radical (unpaired) electrons. The molecule has 0 aromatic carbocycles. The van der Waals surface area contributed by atoms with E-state index in [0.29, 0.717) is 6.33 Å². The predicted molar refractivity (Wildman–Crippen MR) is 36.6 cm³/mol. The third kappa shape index (κ3) is 1.42. The summed E-state index contributed by atoms with van der Waals surface area (Å²) >= 11 is 0. The van der Waals surface area contributed by atoms with Crippen molar-refractivity contribution in [3.8, 4) is 0 Å². The minimum atomic E-state index is -1.00. The van der Waals surface area contributed by atoms with Crippen LogP contribution in [-0.4, -0.2) is 35.1 Å². The number of aliphatic hydroxyl groups is 2. The Labute approximate surface area is 64.1 Å². The SMILES string of the molecule is C[C@@H]1O[C@H](CO)[C@@H](O)/C1=C\F. The number of rotatable bonds is 1. The fourth-order valence-electron chi connectivity index (χ4n) is 1.17. The number of halogens is 1. The zero-order valence-electron chi connectivity index (χ0n) is 6.20. The van der Waals surface area contributed by atoms with Crippen LogP contribution >= 0.6 is 0 Å². The van der Waals surface area contributed by atoms with Gasteiger partial charge in [-0.05, 0) is 6.92 Å². The van der Waals surface area contributed by atoms with Gasteiger partial charge in [0, 0.05) is 5.57 Å². The molecule has 1 heterocycles. The van der Waals surface area contributed by atoms with Crippen molar-refractivity contribution in [3.63, 3.8) is 0 Å². The average Bonchev–Trinajstić information content (AvgIpc) is 2.26. The fraction of sp³-hybridized carbons (Fsp3) is 0.714. The summed E-state index contributed by atoms with van der Waals surface area (Å²) in [5, 5.41) is 17.9. The number of hydrogen-bond acceptors (Lipinski definition) is 3. The van der Waals surface area contributed by atoms with Gasteiger partial charge in [-0.2, -0.15) is 0 Å². The maximum Gasteiger partial charge on any atom is 0.111 e. The van der Waals surface area contributed by atoms with Crippen LogP contribution in [0.15, 0.2) is 11.9 Å². The Morgan fingerprint density at radius 3 is 2.64 bits per heavy atom. The molecule has 0 aliphatic carbocycles. The highest BCUT2D eigenvalue weighted by atomic mass is 19.1. The number of aliphatic hydroxyl groups excluding tert-OH is 2. The maximum absolute atomic E-state index is 12.0. The van der Waals surface area contributed by atoms with Crippen LogP contribution < -0.4 is 0 Å². The molecule has 1 aliphatic heterocycles. The molecule has 4 heteroatoms. The van der Waals surface area contributed by atoms with E-state index in [2.05, 4.69) is 0 Å². The van der Waals surface area contributed by atoms with Gasteiger partial charge in [0.2, 0.25) is 0 Å². The molecule has 3 nitrogen and oxygen atoms in total. The highest BCUT2D eigenvalue weighted by Gasteiger charge is 2.35. The van der Waals surface area contributed by atoms with Gasteiger partial charge in [0.15, 0.2) is 0 Å². The summed E-state index contributed by atoms with van der Waals surface area (Å²) < 4.78 is 17.0. The largest absolute Gasteiger partial charge is 0.394 e. The first-order valence-electron chi connectivity index (χ1n) is 3.45. The predicted octanol–water partition coefficient (Wildman–Crippen LogP) is -0.0197. The second kappa shape index (κ2) is 3.30. The molecule has 0 saturated carbocycles. The van der Waals surface area contributed by atoms with E-state index in [4.69, 9.17) is 9.84 Å². The molecule has 1 fully saturated rings. The molecule has 1 aliphatic rings. The Bertz CT molecular complexity index is 169. The van der Waals surface area contributed by atoms with Crippen molar-refractivity contribution >= 4 is 0 Å². The van der Waals surface area contributed by atoms with Crippen molar-refractivity contribution in [2.75, 3.05) is 6.61 Å². The zero-order valence-corrected chi connectivity index (χ0v) is 6.20. The van der Waals surface area contributed by atoms with Gasteiger partial charge in [0.05, 0.1) is 19.0 Å². The molecule has 1 saturated heterocycles. The molecule has 0 aromatic rings. The van der Waals surface area contributed by atoms with Crippen molar-refractivity contribution in [2.24, 2.45) is 0 Å². The van der Waals surface area contributed by atoms with Gasteiger partial charge in [0.1, 0.15) is 12.2 Å². The molecular weight excluding hydrogens is 151 g/mol. The Hall–Kier alpha value is -0.450. The molecule has 3 atom stereocenters. The van der Waals surface area contributed by atoms with Crippen LogP contribution in [0.3, 0.4) is 0 Å². The Morgan fingerprint density at radius 2 is 2.36 bits per heavy atom. The van der Waals surface area contributed by atoms with E-state index in [0.717, 1.165) is 0 Å². The smallest absolute Gasteiger partial charge is 0.111 e. The van der Waals surface area contributed by atoms with Gasteiger partial charge < -0.3 is 14.9 Å². The molecule has 64 valence electrons. The van der Waals surface area contributed by atoms with E-state index in [9.17, 15) is 9.50 Å². The molecule has 11 heavy (non-hydrogen) atoms. The second-order valence-electron chi connectivity index (χ2n) is 2.55. The van der Waals surface area contributed by atoms with E-state index < -0.39 is 18.3 Å². The lowest BCUT2D eigenvalue weighted by Crippen LogP contribution is -2.25. The Morgan fingerprint density at radius 1 is 1.73 bits per heavy atom. The van der Waals surface area contributed by atoms with Crippen molar-refractivity contribution < 1.29 is 19.3 Å². The number of ether oxygens (including phenoxy) is 1. The van der Waals surface area contributed by atoms with Gasteiger partial charge in [-0.15, -0.1) is 0 Å². The summed E-state index contributed by atoms with van der Waals surface area (Å²) in [7, 11) is 0. The van der Waals surface area contributed by atoms with Crippen LogP contribution in [0.5, 0.6) is 0 Å².